The summed E-state index contributed by atoms with van der Waals surface area (Å²) in [6.45, 7) is 0.581. The molecular formula is C15H16N2OS. The molecule has 19 heavy (non-hydrogen) atoms. The number of thiazole rings is 1. The highest BCUT2D eigenvalue weighted by Gasteiger charge is 2.28. The van der Waals surface area contributed by atoms with Gasteiger partial charge in [-0.15, -0.1) is 11.3 Å². The molecule has 3 nitrogen and oxygen atoms in total. The third-order valence-electron chi connectivity index (χ3n) is 3.59. The molecular weight excluding hydrogens is 256 g/mol. The standard InChI is InChI=1S/C15H16N2OS/c16-6-5-15-17-13(9-19-15)14(18)8-11-7-10-3-1-2-4-12(10)11/h1-4,9,11H,5-8,16H2. The third-order valence-corrected chi connectivity index (χ3v) is 4.50. The van der Waals surface area contributed by atoms with Crippen molar-refractivity contribution in [2.45, 2.75) is 25.2 Å². The van der Waals surface area contributed by atoms with Gasteiger partial charge in [0.15, 0.2) is 5.78 Å². The number of benzene rings is 1. The average Bonchev–Trinajstić information content (AvgIpc) is 2.85. The zero-order chi connectivity index (χ0) is 13.2. The molecule has 0 bridgehead atoms. The Bertz CT molecular complexity index is 606. The number of hydrogen-bond acceptors (Lipinski definition) is 4. The van der Waals surface area contributed by atoms with Crippen LogP contribution in [0.25, 0.3) is 0 Å². The predicted molar refractivity (Wildman–Crippen MR) is 76.7 cm³/mol. The molecule has 1 unspecified atom stereocenters. The van der Waals surface area contributed by atoms with E-state index in [1.54, 1.807) is 0 Å². The molecule has 4 heteroatoms. The highest BCUT2D eigenvalue weighted by atomic mass is 32.1. The Hall–Kier alpha value is -1.52. The van der Waals surface area contributed by atoms with Crippen LogP contribution in [-0.2, 0) is 12.8 Å². The zero-order valence-electron chi connectivity index (χ0n) is 10.6. The Labute approximate surface area is 116 Å². The van der Waals surface area contributed by atoms with Crippen LogP contribution in [0.15, 0.2) is 29.6 Å². The van der Waals surface area contributed by atoms with Crippen LogP contribution in [0.1, 0.15) is 39.0 Å². The van der Waals surface area contributed by atoms with Crippen LogP contribution >= 0.6 is 11.3 Å². The van der Waals surface area contributed by atoms with E-state index in [0.717, 1.165) is 17.8 Å². The first-order valence-electron chi connectivity index (χ1n) is 6.53. The molecule has 2 N–H and O–H groups in total. The number of carbonyl (C=O) groups excluding carboxylic acids is 1. The largest absolute Gasteiger partial charge is 0.330 e. The minimum atomic E-state index is 0.152. The minimum Gasteiger partial charge on any atom is -0.330 e. The van der Waals surface area contributed by atoms with Gasteiger partial charge in [0, 0.05) is 18.2 Å². The summed E-state index contributed by atoms with van der Waals surface area (Å²) < 4.78 is 0. The molecule has 1 aromatic heterocycles. The van der Waals surface area contributed by atoms with Crippen LogP contribution in [0.5, 0.6) is 0 Å². The van der Waals surface area contributed by atoms with E-state index in [0.29, 0.717) is 24.6 Å². The Balaban J connectivity index is 1.66. The molecule has 0 saturated carbocycles. The molecule has 1 aromatic carbocycles. The molecule has 0 amide bonds. The van der Waals surface area contributed by atoms with Crippen molar-refractivity contribution in [3.05, 3.63) is 51.5 Å². The number of Topliss-reactive ketones (excluding diaryl/α,β-unsaturated/α-hetero) is 1. The van der Waals surface area contributed by atoms with Gasteiger partial charge in [0.05, 0.1) is 5.01 Å². The van der Waals surface area contributed by atoms with Crippen LogP contribution < -0.4 is 5.73 Å². The summed E-state index contributed by atoms with van der Waals surface area (Å²) >= 11 is 1.53. The lowest BCUT2D eigenvalue weighted by Gasteiger charge is -2.29. The van der Waals surface area contributed by atoms with Gasteiger partial charge in [-0.05, 0) is 30.0 Å². The molecule has 3 rings (SSSR count). The predicted octanol–water partition coefficient (Wildman–Crippen LogP) is 2.56. The molecule has 98 valence electrons. The quantitative estimate of drug-likeness (QED) is 0.851. The maximum Gasteiger partial charge on any atom is 0.182 e. The fourth-order valence-corrected chi connectivity index (χ4v) is 3.37. The van der Waals surface area contributed by atoms with Gasteiger partial charge in [0.1, 0.15) is 5.69 Å². The topological polar surface area (TPSA) is 56.0 Å². The van der Waals surface area contributed by atoms with Crippen LogP contribution in [-0.4, -0.2) is 17.3 Å². The Morgan fingerprint density at radius 3 is 3.05 bits per heavy atom. The molecule has 0 aliphatic heterocycles. The van der Waals surface area contributed by atoms with Crippen molar-refractivity contribution >= 4 is 17.1 Å². The summed E-state index contributed by atoms with van der Waals surface area (Å²) in [5.74, 6) is 0.530. The lowest BCUT2D eigenvalue weighted by atomic mass is 9.75. The summed E-state index contributed by atoms with van der Waals surface area (Å²) in [6.07, 6.45) is 2.34. The van der Waals surface area contributed by atoms with E-state index in [2.05, 4.69) is 23.2 Å². The number of carbonyl (C=O) groups is 1. The summed E-state index contributed by atoms with van der Waals surface area (Å²) in [4.78, 5) is 16.5. The highest BCUT2D eigenvalue weighted by Crippen LogP contribution is 2.37. The molecule has 1 aliphatic carbocycles. The maximum absolute atomic E-state index is 12.2. The second kappa shape index (κ2) is 5.23. The number of aromatic nitrogens is 1. The summed E-state index contributed by atoms with van der Waals surface area (Å²) in [6, 6.07) is 8.35. The van der Waals surface area contributed by atoms with Crippen molar-refractivity contribution in [2.24, 2.45) is 5.73 Å². The number of rotatable bonds is 5. The molecule has 0 radical (unpaired) electrons. The fraction of sp³-hybridized carbons (Fsp3) is 0.333. The molecule has 1 heterocycles. The Kier molecular flexibility index (Phi) is 3.44. The number of nitrogens with zero attached hydrogens (tertiary/aromatic N) is 1. The Morgan fingerprint density at radius 1 is 1.42 bits per heavy atom. The van der Waals surface area contributed by atoms with E-state index in [1.165, 1.54) is 22.5 Å². The van der Waals surface area contributed by atoms with Gasteiger partial charge >= 0.3 is 0 Å². The van der Waals surface area contributed by atoms with Gasteiger partial charge in [0.2, 0.25) is 0 Å². The first-order valence-corrected chi connectivity index (χ1v) is 7.41. The van der Waals surface area contributed by atoms with Gasteiger partial charge in [-0.25, -0.2) is 4.98 Å². The van der Waals surface area contributed by atoms with Gasteiger partial charge in [-0.3, -0.25) is 4.79 Å². The molecule has 2 aromatic rings. The summed E-state index contributed by atoms with van der Waals surface area (Å²) in [5.41, 5.74) is 8.81. The molecule has 0 fully saturated rings. The van der Waals surface area contributed by atoms with E-state index in [1.807, 2.05) is 11.4 Å². The first kappa shape index (κ1) is 12.5. The van der Waals surface area contributed by atoms with Crippen molar-refractivity contribution in [3.63, 3.8) is 0 Å². The summed E-state index contributed by atoms with van der Waals surface area (Å²) in [5, 5.41) is 2.82. The van der Waals surface area contributed by atoms with Gasteiger partial charge in [-0.1, -0.05) is 24.3 Å². The van der Waals surface area contributed by atoms with Crippen molar-refractivity contribution in [2.75, 3.05) is 6.54 Å². The average molecular weight is 272 g/mol. The van der Waals surface area contributed by atoms with Crippen LogP contribution in [0.3, 0.4) is 0 Å². The van der Waals surface area contributed by atoms with E-state index in [9.17, 15) is 4.79 Å². The summed E-state index contributed by atoms with van der Waals surface area (Å²) in [7, 11) is 0. The van der Waals surface area contributed by atoms with Crippen LogP contribution in [0, 0.1) is 0 Å². The fourth-order valence-electron chi connectivity index (χ4n) is 2.55. The SMILES string of the molecule is NCCc1nc(C(=O)CC2Cc3ccccc32)cs1. The second-order valence-electron chi connectivity index (χ2n) is 4.89. The number of nitrogens with two attached hydrogens (primary N) is 1. The third kappa shape index (κ3) is 2.46. The van der Waals surface area contributed by atoms with E-state index >= 15 is 0 Å². The lowest BCUT2D eigenvalue weighted by Crippen LogP contribution is -2.20. The molecule has 0 saturated heterocycles. The number of fused-ring (bicyclic) bond motifs is 1. The maximum atomic E-state index is 12.2. The lowest BCUT2D eigenvalue weighted by molar-refractivity contribution is 0.0966. The number of hydrogen-bond donors (Lipinski definition) is 1. The van der Waals surface area contributed by atoms with Crippen LogP contribution in [0.4, 0.5) is 0 Å². The van der Waals surface area contributed by atoms with Gasteiger partial charge in [0.25, 0.3) is 0 Å². The molecule has 0 spiro atoms. The van der Waals surface area contributed by atoms with Crippen molar-refractivity contribution in [1.82, 2.24) is 4.98 Å². The second-order valence-corrected chi connectivity index (χ2v) is 5.83. The minimum absolute atomic E-state index is 0.152. The van der Waals surface area contributed by atoms with Crippen molar-refractivity contribution < 1.29 is 4.79 Å². The van der Waals surface area contributed by atoms with Crippen molar-refractivity contribution in [3.8, 4) is 0 Å². The van der Waals surface area contributed by atoms with E-state index in [-0.39, 0.29) is 5.78 Å². The normalized spacial score (nSPS) is 16.8. The monoisotopic (exact) mass is 272 g/mol. The molecule has 1 atom stereocenters. The van der Waals surface area contributed by atoms with Gasteiger partial charge in [-0.2, -0.15) is 0 Å². The highest BCUT2D eigenvalue weighted by molar-refractivity contribution is 7.09. The molecule has 1 aliphatic rings. The van der Waals surface area contributed by atoms with Crippen molar-refractivity contribution in [1.29, 1.82) is 0 Å². The zero-order valence-corrected chi connectivity index (χ0v) is 11.5. The number of ketones is 1. The smallest absolute Gasteiger partial charge is 0.182 e. The van der Waals surface area contributed by atoms with E-state index < -0.39 is 0 Å². The van der Waals surface area contributed by atoms with Gasteiger partial charge < -0.3 is 5.73 Å². The first-order chi connectivity index (χ1) is 9.28. The van der Waals surface area contributed by atoms with Crippen LogP contribution in [0.2, 0.25) is 0 Å². The Morgan fingerprint density at radius 2 is 2.26 bits per heavy atom. The van der Waals surface area contributed by atoms with E-state index in [4.69, 9.17) is 5.73 Å².